The molecule has 0 aromatic carbocycles. The lowest BCUT2D eigenvalue weighted by molar-refractivity contribution is -0.909. The van der Waals surface area contributed by atoms with Gasteiger partial charge in [-0.3, -0.25) is 4.79 Å². The number of rotatable bonds is 7. The molecule has 3 N–H and O–H groups in total. The second-order valence-electron chi connectivity index (χ2n) is 9.57. The first kappa shape index (κ1) is 18.7. The second-order valence-corrected chi connectivity index (χ2v) is 9.57. The first-order valence-corrected chi connectivity index (χ1v) is 11.0. The van der Waals surface area contributed by atoms with E-state index in [2.05, 4.69) is 33.0 Å². The molecule has 2 saturated heterocycles. The minimum absolute atomic E-state index is 0.0229. The Bertz CT molecular complexity index is 551. The van der Waals surface area contributed by atoms with Crippen molar-refractivity contribution in [2.75, 3.05) is 32.7 Å². The lowest BCUT2D eigenvalue weighted by Gasteiger charge is -2.48. The summed E-state index contributed by atoms with van der Waals surface area (Å²) in [6.45, 7) is 14.7. The largest absolute Gasteiger partial charge is 0.462 e. The van der Waals surface area contributed by atoms with E-state index in [0.29, 0.717) is 5.92 Å². The smallest absolute Gasteiger partial charge is 0.315 e. The fourth-order valence-electron chi connectivity index (χ4n) is 6.71. The van der Waals surface area contributed by atoms with Crippen LogP contribution in [0.2, 0.25) is 0 Å². The molecule has 0 aromatic rings. The molecule has 7 atom stereocenters. The first-order valence-electron chi connectivity index (χ1n) is 11.0. The SMILES string of the molecule is CC[NH+](CC)CC[NH2+]C[C@H]1C(=O)O[C@@H]2C[C@@]3(C)CCC[C@H](C)[C@@]34O[C@H]4[C@@H]21. The molecule has 0 radical (unpaired) electrons. The number of carbonyl (C=O) groups excluding carboxylic acids is 1. The van der Waals surface area contributed by atoms with Gasteiger partial charge in [0.1, 0.15) is 30.7 Å². The molecule has 4 rings (SSSR count). The van der Waals surface area contributed by atoms with E-state index < -0.39 is 0 Å². The minimum Gasteiger partial charge on any atom is -0.462 e. The molecule has 5 heteroatoms. The summed E-state index contributed by atoms with van der Waals surface area (Å²) in [4.78, 5) is 14.3. The summed E-state index contributed by atoms with van der Waals surface area (Å²) in [5.74, 6) is 0.953. The zero-order valence-electron chi connectivity index (χ0n) is 17.1. The number of hydrogen-bond donors (Lipinski definition) is 2. The molecule has 2 heterocycles. The van der Waals surface area contributed by atoms with Gasteiger partial charge in [0.05, 0.1) is 25.7 Å². The van der Waals surface area contributed by atoms with Crippen molar-refractivity contribution in [3.63, 3.8) is 0 Å². The number of ether oxygens (including phenoxy) is 2. The average Bonchev–Trinajstić information content (AvgIpc) is 3.29. The molecular formula is C21H38N2O3+2. The third-order valence-electron chi connectivity index (χ3n) is 8.32. The van der Waals surface area contributed by atoms with Gasteiger partial charge in [-0.15, -0.1) is 0 Å². The summed E-state index contributed by atoms with van der Waals surface area (Å²) in [6, 6.07) is 0. The molecule has 0 bridgehead atoms. The Morgan fingerprint density at radius 1 is 1.31 bits per heavy atom. The highest BCUT2D eigenvalue weighted by Gasteiger charge is 2.78. The predicted molar refractivity (Wildman–Crippen MR) is 98.8 cm³/mol. The van der Waals surface area contributed by atoms with Gasteiger partial charge in [-0.05, 0) is 39.0 Å². The highest BCUT2D eigenvalue weighted by atomic mass is 16.6. The van der Waals surface area contributed by atoms with Gasteiger partial charge in [0, 0.05) is 11.3 Å². The van der Waals surface area contributed by atoms with Crippen LogP contribution in [0.4, 0.5) is 0 Å². The lowest BCUT2D eigenvalue weighted by atomic mass is 9.53. The zero-order valence-corrected chi connectivity index (χ0v) is 17.1. The Hall–Kier alpha value is -0.650. The quantitative estimate of drug-likeness (QED) is 0.379. The van der Waals surface area contributed by atoms with Crippen LogP contribution >= 0.6 is 0 Å². The Morgan fingerprint density at radius 2 is 2.08 bits per heavy atom. The number of nitrogens with two attached hydrogens (primary N) is 1. The average molecular weight is 367 g/mol. The standard InChI is InChI=1S/C21H36N2O3/c1-5-23(6-2)11-10-22-13-15-17-16(25-19(15)24)12-20(4)9-7-8-14(3)21(20)18(17)26-21/h14-18,22H,5-13H2,1-4H3/p+2/t14-,15+,16+,17+,18-,20+,21-/m0/s1. The van der Waals surface area contributed by atoms with E-state index in [0.717, 1.165) is 19.5 Å². The van der Waals surface area contributed by atoms with E-state index in [4.69, 9.17) is 9.47 Å². The molecule has 0 aromatic heterocycles. The van der Waals surface area contributed by atoms with Crippen LogP contribution in [0, 0.1) is 23.2 Å². The van der Waals surface area contributed by atoms with Crippen molar-refractivity contribution in [3.05, 3.63) is 0 Å². The van der Waals surface area contributed by atoms with E-state index in [-0.39, 0.29) is 41.0 Å². The van der Waals surface area contributed by atoms with E-state index >= 15 is 0 Å². The Kier molecular flexibility index (Phi) is 4.85. The summed E-state index contributed by atoms with van der Waals surface area (Å²) < 4.78 is 12.4. The number of hydrogen-bond acceptors (Lipinski definition) is 3. The molecule has 2 saturated carbocycles. The molecular weight excluding hydrogens is 328 g/mol. The summed E-state index contributed by atoms with van der Waals surface area (Å²) in [6.07, 6.45) is 5.11. The van der Waals surface area contributed by atoms with Crippen LogP contribution in [0.25, 0.3) is 0 Å². The number of epoxide rings is 1. The van der Waals surface area contributed by atoms with Gasteiger partial charge >= 0.3 is 5.97 Å². The van der Waals surface area contributed by atoms with Crippen LogP contribution in [0.15, 0.2) is 0 Å². The Labute approximate surface area is 158 Å². The summed E-state index contributed by atoms with van der Waals surface area (Å²) in [5.41, 5.74) is 0.228. The van der Waals surface area contributed by atoms with E-state index in [1.54, 1.807) is 4.90 Å². The maximum atomic E-state index is 12.6. The second kappa shape index (κ2) is 6.75. The zero-order chi connectivity index (χ0) is 18.5. The molecule has 1 spiro atoms. The van der Waals surface area contributed by atoms with Crippen molar-refractivity contribution in [1.82, 2.24) is 0 Å². The number of nitrogens with one attached hydrogen (secondary N) is 1. The highest BCUT2D eigenvalue weighted by molar-refractivity contribution is 5.76. The van der Waals surface area contributed by atoms with Crippen molar-refractivity contribution in [2.24, 2.45) is 23.2 Å². The van der Waals surface area contributed by atoms with E-state index in [1.165, 1.54) is 38.9 Å². The molecule has 0 amide bonds. The van der Waals surface area contributed by atoms with Crippen molar-refractivity contribution >= 4 is 5.97 Å². The van der Waals surface area contributed by atoms with Gasteiger partial charge in [0.15, 0.2) is 0 Å². The van der Waals surface area contributed by atoms with Crippen LogP contribution in [0.5, 0.6) is 0 Å². The van der Waals surface area contributed by atoms with Gasteiger partial charge in [-0.1, -0.05) is 20.3 Å². The highest BCUT2D eigenvalue weighted by Crippen LogP contribution is 2.70. The number of esters is 1. The van der Waals surface area contributed by atoms with Crippen LogP contribution in [0.3, 0.4) is 0 Å². The van der Waals surface area contributed by atoms with Crippen LogP contribution in [-0.4, -0.2) is 56.5 Å². The van der Waals surface area contributed by atoms with Gasteiger partial charge in [-0.2, -0.15) is 0 Å². The maximum absolute atomic E-state index is 12.6. The summed E-state index contributed by atoms with van der Waals surface area (Å²) in [5, 5.41) is 2.34. The number of fused-ring (bicyclic) bond motifs is 2. The van der Waals surface area contributed by atoms with Crippen molar-refractivity contribution in [1.29, 1.82) is 0 Å². The molecule has 2 aliphatic heterocycles. The first-order chi connectivity index (χ1) is 12.5. The third kappa shape index (κ3) is 2.65. The maximum Gasteiger partial charge on any atom is 0.315 e. The summed E-state index contributed by atoms with van der Waals surface area (Å²) in [7, 11) is 0. The normalized spacial score (nSPS) is 46.5. The fraction of sp³-hybridized carbons (Fsp3) is 0.952. The molecule has 26 heavy (non-hydrogen) atoms. The van der Waals surface area contributed by atoms with Crippen LogP contribution in [-0.2, 0) is 14.3 Å². The van der Waals surface area contributed by atoms with Crippen molar-refractivity contribution in [2.45, 2.75) is 71.2 Å². The minimum atomic E-state index is 0.0229. The molecule has 2 aliphatic carbocycles. The number of quaternary nitrogens is 2. The van der Waals surface area contributed by atoms with Crippen molar-refractivity contribution < 1.29 is 24.5 Å². The molecule has 148 valence electrons. The molecule has 0 unspecified atom stereocenters. The molecule has 5 nitrogen and oxygen atoms in total. The third-order valence-corrected chi connectivity index (χ3v) is 8.32. The van der Waals surface area contributed by atoms with E-state index in [1.807, 2.05) is 0 Å². The van der Waals surface area contributed by atoms with Crippen LogP contribution in [0.1, 0.15) is 53.4 Å². The van der Waals surface area contributed by atoms with Crippen molar-refractivity contribution in [3.8, 4) is 0 Å². The Morgan fingerprint density at radius 3 is 2.81 bits per heavy atom. The van der Waals surface area contributed by atoms with Gasteiger partial charge in [-0.25, -0.2) is 0 Å². The van der Waals surface area contributed by atoms with E-state index in [9.17, 15) is 4.79 Å². The Balaban J connectivity index is 1.41. The fourth-order valence-corrected chi connectivity index (χ4v) is 6.71. The van der Waals surface area contributed by atoms with Gasteiger partial charge in [0.25, 0.3) is 0 Å². The number of likely N-dealkylation sites (N-methyl/N-ethyl adjacent to an activating group) is 1. The summed E-state index contributed by atoms with van der Waals surface area (Å²) >= 11 is 0. The topological polar surface area (TPSA) is 59.9 Å². The van der Waals surface area contributed by atoms with Crippen LogP contribution < -0.4 is 10.2 Å². The number of carbonyl (C=O) groups is 1. The van der Waals surface area contributed by atoms with Gasteiger partial charge in [0.2, 0.25) is 0 Å². The lowest BCUT2D eigenvalue weighted by Crippen LogP contribution is -3.14. The molecule has 4 aliphatic rings. The monoisotopic (exact) mass is 366 g/mol. The predicted octanol–water partition coefficient (Wildman–Crippen LogP) is -0.0001000. The molecule has 4 fully saturated rings. The van der Waals surface area contributed by atoms with Gasteiger partial charge < -0.3 is 19.7 Å².